The number of carbonyl (C=O) groups excluding carboxylic acids is 1. The summed E-state index contributed by atoms with van der Waals surface area (Å²) >= 11 is 0. The summed E-state index contributed by atoms with van der Waals surface area (Å²) in [6.45, 7) is 0.449. The molecule has 0 radical (unpaired) electrons. The molecule has 0 aromatic rings. The Balaban J connectivity index is 4.89. The second-order valence-corrected chi connectivity index (χ2v) is 3.44. The van der Waals surface area contributed by atoms with Crippen LogP contribution < -0.4 is 0 Å². The molecule has 8 heteroatoms. The van der Waals surface area contributed by atoms with E-state index in [0.717, 1.165) is 6.26 Å². The van der Waals surface area contributed by atoms with Gasteiger partial charge in [-0.15, -0.1) is 0 Å². The van der Waals surface area contributed by atoms with Crippen molar-refractivity contribution in [1.82, 2.24) is 0 Å². The lowest BCUT2D eigenvalue weighted by Gasteiger charge is -2.19. The Kier molecular flexibility index (Phi) is 3.00. The standard InChI is InChI=1S/C4H5NO6S/c1-4(10-2-5,11-3-6)12(7,8)9/h3H,1H3,(H,7,8,9). The fourth-order valence-electron chi connectivity index (χ4n) is 0.308. The van der Waals surface area contributed by atoms with Crippen LogP contribution in [-0.2, 0) is 24.4 Å². The van der Waals surface area contributed by atoms with Gasteiger partial charge in [0.1, 0.15) is 0 Å². The maximum atomic E-state index is 10.4. The molecule has 0 aromatic heterocycles. The Hall–Kier alpha value is -1.33. The Bertz CT molecular complexity index is 302. The van der Waals surface area contributed by atoms with Gasteiger partial charge in [0.25, 0.3) is 12.7 Å². The van der Waals surface area contributed by atoms with Crippen LogP contribution in [-0.4, -0.2) is 24.6 Å². The van der Waals surface area contributed by atoms with E-state index in [4.69, 9.17) is 9.81 Å². The van der Waals surface area contributed by atoms with Gasteiger partial charge in [-0.25, -0.2) is 0 Å². The van der Waals surface area contributed by atoms with Crippen molar-refractivity contribution in [2.45, 2.75) is 12.0 Å². The molecule has 0 amide bonds. The van der Waals surface area contributed by atoms with Gasteiger partial charge < -0.3 is 9.47 Å². The van der Waals surface area contributed by atoms with Crippen LogP contribution in [0.2, 0.25) is 0 Å². The first-order valence-corrected chi connectivity index (χ1v) is 3.97. The summed E-state index contributed by atoms with van der Waals surface area (Å²) in [5.41, 5.74) is 0. The molecule has 1 unspecified atom stereocenters. The second-order valence-electron chi connectivity index (χ2n) is 1.74. The highest BCUT2D eigenvalue weighted by Crippen LogP contribution is 2.17. The first-order chi connectivity index (χ1) is 5.37. The van der Waals surface area contributed by atoms with Crippen molar-refractivity contribution in [2.24, 2.45) is 0 Å². The van der Waals surface area contributed by atoms with Crippen LogP contribution in [0.25, 0.3) is 0 Å². The molecule has 0 aliphatic carbocycles. The second kappa shape index (κ2) is 3.38. The molecule has 1 atom stereocenters. The molecule has 0 saturated heterocycles. The average molecular weight is 195 g/mol. The number of rotatable bonds is 4. The monoisotopic (exact) mass is 195 g/mol. The van der Waals surface area contributed by atoms with Crippen LogP contribution in [0, 0.1) is 11.5 Å². The van der Waals surface area contributed by atoms with Gasteiger partial charge in [-0.05, 0) is 0 Å². The van der Waals surface area contributed by atoms with Crippen LogP contribution >= 0.6 is 0 Å². The molecule has 68 valence electrons. The fourth-order valence-corrected chi connectivity index (χ4v) is 0.611. The SMILES string of the molecule is CC(OC#N)(OC=O)S(=O)(=O)O. The van der Waals surface area contributed by atoms with E-state index in [1.807, 2.05) is 0 Å². The molecule has 0 heterocycles. The largest absolute Gasteiger partial charge is 0.409 e. The molecule has 0 rings (SSSR count). The van der Waals surface area contributed by atoms with Crippen LogP contribution in [0.3, 0.4) is 0 Å². The number of nitriles is 1. The van der Waals surface area contributed by atoms with Crippen molar-refractivity contribution in [3.63, 3.8) is 0 Å². The van der Waals surface area contributed by atoms with Gasteiger partial charge in [0.05, 0.1) is 0 Å². The molecule has 0 saturated carbocycles. The van der Waals surface area contributed by atoms with Crippen molar-refractivity contribution in [1.29, 1.82) is 5.26 Å². The summed E-state index contributed by atoms with van der Waals surface area (Å²) in [7, 11) is -4.79. The van der Waals surface area contributed by atoms with E-state index in [1.165, 1.54) is 0 Å². The van der Waals surface area contributed by atoms with Gasteiger partial charge in [-0.2, -0.15) is 13.7 Å². The topological polar surface area (TPSA) is 114 Å². The number of ether oxygens (including phenoxy) is 2. The summed E-state index contributed by atoms with van der Waals surface area (Å²) in [6, 6.07) is 0. The van der Waals surface area contributed by atoms with Crippen LogP contribution in [0.4, 0.5) is 0 Å². The maximum absolute atomic E-state index is 10.4. The third-order valence-corrected chi connectivity index (χ3v) is 2.08. The van der Waals surface area contributed by atoms with Gasteiger partial charge in [-0.3, -0.25) is 9.35 Å². The molecule has 1 N–H and O–H groups in total. The third kappa shape index (κ3) is 2.08. The van der Waals surface area contributed by atoms with Gasteiger partial charge >= 0.3 is 15.2 Å². The predicted molar refractivity (Wildman–Crippen MR) is 33.8 cm³/mol. The summed E-state index contributed by atoms with van der Waals surface area (Å²) in [5.74, 6) is 0. The highest BCUT2D eigenvalue weighted by molar-refractivity contribution is 7.86. The Morgan fingerprint density at radius 3 is 2.42 bits per heavy atom. The maximum Gasteiger partial charge on any atom is 0.390 e. The van der Waals surface area contributed by atoms with Crippen molar-refractivity contribution < 1.29 is 27.2 Å². The molecule has 0 aliphatic rings. The molecule has 0 fully saturated rings. The van der Waals surface area contributed by atoms with E-state index in [2.05, 4.69) is 9.47 Å². The van der Waals surface area contributed by atoms with E-state index in [1.54, 1.807) is 0 Å². The summed E-state index contributed by atoms with van der Waals surface area (Å²) in [6.07, 6.45) is 0.977. The lowest BCUT2D eigenvalue weighted by molar-refractivity contribution is -0.160. The smallest absolute Gasteiger partial charge is 0.390 e. The van der Waals surface area contributed by atoms with Crippen molar-refractivity contribution in [2.75, 3.05) is 0 Å². The normalized spacial score (nSPS) is 15.4. The van der Waals surface area contributed by atoms with Crippen molar-refractivity contribution in [3.8, 4) is 6.26 Å². The molecular weight excluding hydrogens is 190 g/mol. The number of hydrogen-bond acceptors (Lipinski definition) is 6. The Morgan fingerprint density at radius 2 is 2.17 bits per heavy atom. The highest BCUT2D eigenvalue weighted by atomic mass is 32.2. The minimum atomic E-state index is -4.79. The lowest BCUT2D eigenvalue weighted by atomic mass is 10.7. The van der Waals surface area contributed by atoms with Crippen LogP contribution in [0.15, 0.2) is 0 Å². The van der Waals surface area contributed by atoms with Crippen LogP contribution in [0.5, 0.6) is 0 Å². The summed E-state index contributed by atoms with van der Waals surface area (Å²) < 4.78 is 37.0. The quantitative estimate of drug-likeness (QED) is 0.271. The molecule has 0 aromatic carbocycles. The number of carbonyl (C=O) groups is 1. The molecule has 0 spiro atoms. The van der Waals surface area contributed by atoms with Gasteiger partial charge in [0.2, 0.25) is 0 Å². The van der Waals surface area contributed by atoms with E-state index in [-0.39, 0.29) is 6.47 Å². The minimum absolute atomic E-state index is 0.259. The first-order valence-electron chi connectivity index (χ1n) is 2.53. The predicted octanol–water partition coefficient (Wildman–Crippen LogP) is -0.781. The molecule has 7 nitrogen and oxygen atoms in total. The van der Waals surface area contributed by atoms with E-state index in [9.17, 15) is 13.2 Å². The van der Waals surface area contributed by atoms with Gasteiger partial charge in [0.15, 0.2) is 0 Å². The average Bonchev–Trinajstić information content (AvgIpc) is 1.86. The third-order valence-electron chi connectivity index (χ3n) is 0.962. The minimum Gasteiger partial charge on any atom is -0.409 e. The summed E-state index contributed by atoms with van der Waals surface area (Å²) in [4.78, 5) is 9.75. The Labute approximate surface area is 68.2 Å². The van der Waals surface area contributed by atoms with E-state index in [0.29, 0.717) is 6.92 Å². The van der Waals surface area contributed by atoms with E-state index < -0.39 is 15.2 Å². The zero-order valence-corrected chi connectivity index (χ0v) is 6.74. The fraction of sp³-hybridized carbons (Fsp3) is 0.500. The van der Waals surface area contributed by atoms with Gasteiger partial charge in [0, 0.05) is 6.92 Å². The molecule has 0 aliphatic heterocycles. The zero-order chi connectivity index (χ0) is 9.83. The van der Waals surface area contributed by atoms with Crippen molar-refractivity contribution in [3.05, 3.63) is 0 Å². The molecule has 0 bridgehead atoms. The highest BCUT2D eigenvalue weighted by Gasteiger charge is 2.43. The van der Waals surface area contributed by atoms with Crippen molar-refractivity contribution >= 4 is 16.6 Å². The van der Waals surface area contributed by atoms with Crippen LogP contribution in [0.1, 0.15) is 6.92 Å². The lowest BCUT2D eigenvalue weighted by Crippen LogP contribution is -2.39. The first kappa shape index (κ1) is 10.7. The van der Waals surface area contributed by atoms with Gasteiger partial charge in [-0.1, -0.05) is 0 Å². The van der Waals surface area contributed by atoms with E-state index >= 15 is 0 Å². The molecular formula is C4H5NO6S. The number of nitrogens with zero attached hydrogens (tertiary/aromatic N) is 1. The Morgan fingerprint density at radius 1 is 1.67 bits per heavy atom. The summed E-state index contributed by atoms with van der Waals surface area (Å²) in [5, 5.41) is 5.28. The molecule has 12 heavy (non-hydrogen) atoms. The zero-order valence-electron chi connectivity index (χ0n) is 5.92. The number of hydrogen-bond donors (Lipinski definition) is 1.